The summed E-state index contributed by atoms with van der Waals surface area (Å²) in [4.78, 5) is 4.42. The quantitative estimate of drug-likeness (QED) is 0.580. The molecule has 118 valence electrons. The molecule has 0 saturated heterocycles. The molecule has 3 nitrogen and oxygen atoms in total. The largest absolute Gasteiger partial charge is 0.416 e. The van der Waals surface area contributed by atoms with E-state index in [0.717, 1.165) is 22.4 Å². The van der Waals surface area contributed by atoms with Crippen LogP contribution in [0.5, 0.6) is 0 Å². The highest BCUT2D eigenvalue weighted by Crippen LogP contribution is 2.30. The van der Waals surface area contributed by atoms with E-state index >= 15 is 0 Å². The van der Waals surface area contributed by atoms with Gasteiger partial charge in [-0.05, 0) is 17.7 Å². The van der Waals surface area contributed by atoms with Crippen LogP contribution in [0.25, 0.3) is 11.3 Å². The summed E-state index contributed by atoms with van der Waals surface area (Å²) in [7, 11) is 0. The second kappa shape index (κ2) is 6.00. The third-order valence-corrected chi connectivity index (χ3v) is 4.09. The molecule has 0 aliphatic rings. The Morgan fingerprint density at radius 2 is 2.00 bits per heavy atom. The second-order valence-electron chi connectivity index (χ2n) is 4.97. The maximum Gasteiger partial charge on any atom is 0.416 e. The summed E-state index contributed by atoms with van der Waals surface area (Å²) >= 11 is 1.38. The van der Waals surface area contributed by atoms with Crippen LogP contribution in [0.4, 0.5) is 13.2 Å². The summed E-state index contributed by atoms with van der Waals surface area (Å²) in [6.07, 6.45) is -1.01. The number of aromatic nitrogens is 2. The molecule has 0 unspecified atom stereocenters. The molecule has 23 heavy (non-hydrogen) atoms. The number of benzene rings is 1. The van der Waals surface area contributed by atoms with Gasteiger partial charge >= 0.3 is 6.18 Å². The van der Waals surface area contributed by atoms with Gasteiger partial charge in [-0.2, -0.15) is 13.2 Å². The van der Waals surface area contributed by atoms with E-state index in [1.807, 2.05) is 5.38 Å². The minimum Gasteiger partial charge on any atom is -0.285 e. The van der Waals surface area contributed by atoms with E-state index in [0.29, 0.717) is 22.7 Å². The van der Waals surface area contributed by atoms with Gasteiger partial charge in [-0.1, -0.05) is 18.2 Å². The minimum absolute atomic E-state index is 0.334. The third-order valence-electron chi connectivity index (χ3n) is 3.24. The first-order chi connectivity index (χ1) is 10.9. The van der Waals surface area contributed by atoms with Crippen LogP contribution in [0.3, 0.4) is 0 Å². The fraction of sp³-hybridized carbons (Fsp3) is 0.125. The summed E-state index contributed by atoms with van der Waals surface area (Å²) < 4.78 is 39.1. The summed E-state index contributed by atoms with van der Waals surface area (Å²) in [6, 6.07) is 8.74. The van der Waals surface area contributed by atoms with Crippen molar-refractivity contribution in [3.05, 3.63) is 70.3 Å². The van der Waals surface area contributed by atoms with Crippen LogP contribution in [0.2, 0.25) is 0 Å². The Balaban J connectivity index is 1.82. The third kappa shape index (κ3) is 3.68. The molecule has 0 aliphatic heterocycles. The number of alkyl halides is 3. The van der Waals surface area contributed by atoms with Crippen molar-refractivity contribution in [2.75, 3.05) is 0 Å². The standard InChI is InChI=1S/C16H12F3N2OS/c17-16(18,19)13-5-1-3-11(7-13)8-15-20-14(10-23-15)12-4-2-6-21(22)9-12/h1-7,9-10,22H,8H2/q+1. The molecule has 0 amide bonds. The number of rotatable bonds is 3. The molecule has 2 heterocycles. The molecule has 3 aromatic rings. The first kappa shape index (κ1) is 15.5. The number of hydrogen-bond donors (Lipinski definition) is 1. The van der Waals surface area contributed by atoms with Crippen molar-refractivity contribution in [1.29, 1.82) is 0 Å². The van der Waals surface area contributed by atoms with E-state index < -0.39 is 11.7 Å². The number of thiazole rings is 1. The fourth-order valence-electron chi connectivity index (χ4n) is 2.17. The Hall–Kier alpha value is -2.41. The van der Waals surface area contributed by atoms with Gasteiger partial charge < -0.3 is 0 Å². The van der Waals surface area contributed by atoms with Crippen molar-refractivity contribution >= 4 is 11.3 Å². The molecule has 0 bridgehead atoms. The monoisotopic (exact) mass is 337 g/mol. The number of hydrogen-bond acceptors (Lipinski definition) is 3. The molecular formula is C16H12F3N2OS+. The molecule has 1 N–H and O–H groups in total. The van der Waals surface area contributed by atoms with Gasteiger partial charge in [-0.25, -0.2) is 4.98 Å². The van der Waals surface area contributed by atoms with Gasteiger partial charge in [0.2, 0.25) is 12.4 Å². The first-order valence-electron chi connectivity index (χ1n) is 6.73. The highest BCUT2D eigenvalue weighted by atomic mass is 32.1. The second-order valence-corrected chi connectivity index (χ2v) is 5.92. The lowest BCUT2D eigenvalue weighted by Crippen LogP contribution is -2.28. The van der Waals surface area contributed by atoms with E-state index in [1.54, 1.807) is 18.2 Å². The van der Waals surface area contributed by atoms with E-state index in [4.69, 9.17) is 0 Å². The zero-order valence-corrected chi connectivity index (χ0v) is 12.6. The number of pyridine rings is 1. The predicted octanol–water partition coefficient (Wildman–Crippen LogP) is 3.94. The van der Waals surface area contributed by atoms with Gasteiger partial charge in [-0.3, -0.25) is 5.21 Å². The Morgan fingerprint density at radius 1 is 1.17 bits per heavy atom. The number of halogens is 3. The first-order valence-corrected chi connectivity index (χ1v) is 7.61. The summed E-state index contributed by atoms with van der Waals surface area (Å²) in [5.74, 6) is 0. The maximum atomic E-state index is 12.7. The van der Waals surface area contributed by atoms with Crippen molar-refractivity contribution in [3.63, 3.8) is 0 Å². The zero-order chi connectivity index (χ0) is 16.4. The molecule has 7 heteroatoms. The van der Waals surface area contributed by atoms with Gasteiger partial charge in [0, 0.05) is 22.6 Å². The van der Waals surface area contributed by atoms with Crippen molar-refractivity contribution in [3.8, 4) is 11.3 Å². The van der Waals surface area contributed by atoms with Crippen LogP contribution in [-0.2, 0) is 12.6 Å². The molecule has 0 atom stereocenters. The average Bonchev–Trinajstić information content (AvgIpc) is 2.95. The smallest absolute Gasteiger partial charge is 0.285 e. The molecule has 2 aromatic heterocycles. The maximum absolute atomic E-state index is 12.7. The van der Waals surface area contributed by atoms with Gasteiger partial charge in [0.15, 0.2) is 0 Å². The van der Waals surface area contributed by atoms with Crippen LogP contribution in [0.15, 0.2) is 54.2 Å². The highest BCUT2D eigenvalue weighted by Gasteiger charge is 2.30. The molecule has 0 radical (unpaired) electrons. The van der Waals surface area contributed by atoms with Crippen LogP contribution >= 0.6 is 11.3 Å². The highest BCUT2D eigenvalue weighted by molar-refractivity contribution is 7.10. The molecule has 1 aromatic carbocycles. The van der Waals surface area contributed by atoms with Crippen LogP contribution in [-0.4, -0.2) is 10.2 Å². The SMILES string of the molecule is O[n+]1cccc(-c2csc(Cc3cccc(C(F)(F)F)c3)n2)c1. The normalized spacial score (nSPS) is 11.6. The van der Waals surface area contributed by atoms with E-state index in [1.165, 1.54) is 29.8 Å². The molecule has 0 fully saturated rings. The van der Waals surface area contributed by atoms with E-state index in [-0.39, 0.29) is 0 Å². The predicted molar refractivity (Wildman–Crippen MR) is 79.2 cm³/mol. The van der Waals surface area contributed by atoms with E-state index in [2.05, 4.69) is 4.98 Å². The summed E-state index contributed by atoms with van der Waals surface area (Å²) in [5.41, 5.74) is 1.32. The Bertz CT molecular complexity index is 830. The number of nitrogens with zero attached hydrogens (tertiary/aromatic N) is 2. The molecular weight excluding hydrogens is 325 g/mol. The van der Waals surface area contributed by atoms with Crippen molar-refractivity contribution < 1.29 is 23.1 Å². The van der Waals surface area contributed by atoms with Crippen molar-refractivity contribution in [1.82, 2.24) is 4.98 Å². The van der Waals surface area contributed by atoms with Crippen molar-refractivity contribution in [2.45, 2.75) is 12.6 Å². The van der Waals surface area contributed by atoms with Gasteiger partial charge in [-0.15, -0.1) is 11.3 Å². The van der Waals surface area contributed by atoms with Gasteiger partial charge in [0.05, 0.1) is 21.8 Å². The molecule has 3 rings (SSSR count). The van der Waals surface area contributed by atoms with Crippen LogP contribution < -0.4 is 4.73 Å². The zero-order valence-electron chi connectivity index (χ0n) is 11.8. The molecule has 0 spiro atoms. The van der Waals surface area contributed by atoms with Crippen LogP contribution in [0, 0.1) is 0 Å². The topological polar surface area (TPSA) is 37.0 Å². The van der Waals surface area contributed by atoms with E-state index in [9.17, 15) is 18.4 Å². The fourth-order valence-corrected chi connectivity index (χ4v) is 3.01. The lowest BCUT2D eigenvalue weighted by molar-refractivity contribution is -0.904. The summed E-state index contributed by atoms with van der Waals surface area (Å²) in [6.45, 7) is 0. The minimum atomic E-state index is -4.34. The average molecular weight is 337 g/mol. The molecule has 0 aliphatic carbocycles. The Morgan fingerprint density at radius 3 is 2.74 bits per heavy atom. The Kier molecular flexibility index (Phi) is 4.04. The Labute approximate surface area is 134 Å². The molecule has 0 saturated carbocycles. The van der Waals surface area contributed by atoms with Crippen LogP contribution in [0.1, 0.15) is 16.1 Å². The summed E-state index contributed by atoms with van der Waals surface area (Å²) in [5, 5.41) is 11.9. The lowest BCUT2D eigenvalue weighted by atomic mass is 10.1. The van der Waals surface area contributed by atoms with Gasteiger partial charge in [0.25, 0.3) is 0 Å². The van der Waals surface area contributed by atoms with Crippen molar-refractivity contribution in [2.24, 2.45) is 0 Å². The lowest BCUT2D eigenvalue weighted by Gasteiger charge is -2.07. The van der Waals surface area contributed by atoms with Gasteiger partial charge in [0.1, 0.15) is 0 Å².